The molecule has 0 spiro atoms. The number of aryl methyl sites for hydroxylation is 3. The monoisotopic (exact) mass is 667 g/mol. The van der Waals surface area contributed by atoms with Gasteiger partial charge < -0.3 is 4.57 Å². The fourth-order valence-corrected chi connectivity index (χ4v) is 7.41. The van der Waals surface area contributed by atoms with E-state index in [1.165, 1.54) is 88.7 Å². The van der Waals surface area contributed by atoms with E-state index in [2.05, 4.69) is 219 Å². The highest BCUT2D eigenvalue weighted by Gasteiger charge is 2.14. The van der Waals surface area contributed by atoms with Crippen molar-refractivity contribution in [1.29, 1.82) is 0 Å². The van der Waals surface area contributed by atoms with Crippen molar-refractivity contribution in [3.63, 3.8) is 0 Å². The zero-order valence-electron chi connectivity index (χ0n) is 29.9. The van der Waals surface area contributed by atoms with Gasteiger partial charge in [-0.1, -0.05) is 175 Å². The summed E-state index contributed by atoms with van der Waals surface area (Å²) < 4.78 is 2.37. The van der Waals surface area contributed by atoms with Gasteiger partial charge in [-0.15, -0.1) is 0 Å². The van der Waals surface area contributed by atoms with Gasteiger partial charge in [0.2, 0.25) is 0 Å². The first-order valence-corrected chi connectivity index (χ1v) is 18.0. The van der Waals surface area contributed by atoms with E-state index in [4.69, 9.17) is 0 Å². The molecule has 0 saturated carbocycles. The minimum atomic E-state index is 1.17. The van der Waals surface area contributed by atoms with E-state index in [0.29, 0.717) is 0 Å². The minimum absolute atomic E-state index is 1.17. The number of para-hydroxylation sites is 2. The second-order valence-electron chi connectivity index (χ2n) is 13.5. The molecule has 0 bridgehead atoms. The quantitative estimate of drug-likeness (QED) is 0.172. The highest BCUT2D eigenvalue weighted by Crippen LogP contribution is 2.39. The Balaban J connectivity index is 0.000000232. The van der Waals surface area contributed by atoms with Crippen molar-refractivity contribution in [3.8, 4) is 50.2 Å². The summed E-state index contributed by atoms with van der Waals surface area (Å²) in [4.78, 5) is 0. The van der Waals surface area contributed by atoms with Crippen LogP contribution in [0, 0.1) is 20.8 Å². The molecule has 1 heterocycles. The van der Waals surface area contributed by atoms with E-state index >= 15 is 0 Å². The van der Waals surface area contributed by atoms with Crippen LogP contribution in [0.2, 0.25) is 0 Å². The molecule has 0 aliphatic heterocycles. The molecule has 0 fully saturated rings. The molecule has 9 rings (SSSR count). The number of hydrogen-bond acceptors (Lipinski definition) is 0. The molecule has 1 heteroatoms. The summed E-state index contributed by atoms with van der Waals surface area (Å²) in [5.74, 6) is 0. The summed E-state index contributed by atoms with van der Waals surface area (Å²) in [6.07, 6.45) is 0. The molecule has 0 amide bonds. The number of rotatable bonds is 5. The van der Waals surface area contributed by atoms with Gasteiger partial charge in [0.1, 0.15) is 0 Å². The molecule has 0 aliphatic carbocycles. The summed E-state index contributed by atoms with van der Waals surface area (Å²) in [5.41, 5.74) is 17.7. The van der Waals surface area contributed by atoms with Crippen LogP contribution in [-0.4, -0.2) is 4.57 Å². The van der Waals surface area contributed by atoms with Gasteiger partial charge in [-0.25, -0.2) is 0 Å². The first-order chi connectivity index (χ1) is 25.6. The van der Waals surface area contributed by atoms with Crippen molar-refractivity contribution >= 4 is 21.8 Å². The molecule has 0 saturated heterocycles. The SMILES string of the molecule is Cc1ccc(-c2ccccc2-c2ccccc2-c2ccc(-n3c4ccccc4c4ccccc43)cc2)cc1.Cc1ccccc1-c1ccccc1C. The third-order valence-corrected chi connectivity index (χ3v) is 10.1. The van der Waals surface area contributed by atoms with Crippen LogP contribution >= 0.6 is 0 Å². The van der Waals surface area contributed by atoms with Crippen LogP contribution in [-0.2, 0) is 0 Å². The van der Waals surface area contributed by atoms with Crippen LogP contribution < -0.4 is 0 Å². The van der Waals surface area contributed by atoms with Gasteiger partial charge in [0.25, 0.3) is 0 Å². The minimum Gasteiger partial charge on any atom is -0.309 e. The fraction of sp³-hybridized carbons (Fsp3) is 0.0588. The van der Waals surface area contributed by atoms with Crippen LogP contribution in [0.1, 0.15) is 16.7 Å². The molecule has 52 heavy (non-hydrogen) atoms. The van der Waals surface area contributed by atoms with E-state index in [0.717, 1.165) is 0 Å². The molecular weight excluding hydrogens is 627 g/mol. The Kier molecular flexibility index (Phi) is 9.08. The largest absolute Gasteiger partial charge is 0.309 e. The molecule has 0 unspecified atom stereocenters. The van der Waals surface area contributed by atoms with Gasteiger partial charge in [0, 0.05) is 16.5 Å². The van der Waals surface area contributed by atoms with Crippen LogP contribution in [0.15, 0.2) is 194 Å². The molecule has 1 aromatic heterocycles. The van der Waals surface area contributed by atoms with Gasteiger partial charge in [0.05, 0.1) is 11.0 Å². The van der Waals surface area contributed by atoms with Gasteiger partial charge in [-0.3, -0.25) is 0 Å². The third kappa shape index (κ3) is 6.34. The van der Waals surface area contributed by atoms with E-state index in [9.17, 15) is 0 Å². The smallest absolute Gasteiger partial charge is 0.0541 e. The van der Waals surface area contributed by atoms with Gasteiger partial charge in [-0.05, 0) is 101 Å². The lowest BCUT2D eigenvalue weighted by molar-refractivity contribution is 1.18. The Bertz CT molecular complexity index is 2540. The maximum absolute atomic E-state index is 2.37. The molecule has 9 aromatic rings. The first-order valence-electron chi connectivity index (χ1n) is 18.0. The average Bonchev–Trinajstić information content (AvgIpc) is 3.54. The van der Waals surface area contributed by atoms with Crippen LogP contribution in [0.25, 0.3) is 72.0 Å². The second kappa shape index (κ2) is 14.4. The maximum atomic E-state index is 2.37. The Hall–Kier alpha value is -6.44. The summed E-state index contributed by atoms with van der Waals surface area (Å²) in [5, 5.41) is 2.57. The Morgan fingerprint density at radius 1 is 0.288 bits per heavy atom. The number of benzene rings is 8. The number of nitrogens with zero attached hydrogens (tertiary/aromatic N) is 1. The zero-order valence-corrected chi connectivity index (χ0v) is 29.9. The summed E-state index contributed by atoms with van der Waals surface area (Å²) in [7, 11) is 0. The second-order valence-corrected chi connectivity index (χ2v) is 13.5. The molecule has 250 valence electrons. The van der Waals surface area contributed by atoms with Crippen LogP contribution in [0.3, 0.4) is 0 Å². The Morgan fingerprint density at radius 3 is 1.08 bits per heavy atom. The predicted molar refractivity (Wildman–Crippen MR) is 223 cm³/mol. The van der Waals surface area contributed by atoms with Gasteiger partial charge in [0.15, 0.2) is 0 Å². The topological polar surface area (TPSA) is 4.93 Å². The lowest BCUT2D eigenvalue weighted by atomic mass is 9.89. The average molecular weight is 668 g/mol. The fourth-order valence-electron chi connectivity index (χ4n) is 7.41. The predicted octanol–water partition coefficient (Wildman–Crippen LogP) is 14.1. The van der Waals surface area contributed by atoms with E-state index in [1.807, 2.05) is 0 Å². The molecule has 1 nitrogen and oxygen atoms in total. The Morgan fingerprint density at radius 2 is 0.635 bits per heavy atom. The molecule has 0 radical (unpaired) electrons. The highest BCUT2D eigenvalue weighted by molar-refractivity contribution is 6.09. The van der Waals surface area contributed by atoms with Crippen molar-refractivity contribution in [3.05, 3.63) is 211 Å². The zero-order chi connectivity index (χ0) is 35.4. The molecular formula is C51H41N. The van der Waals surface area contributed by atoms with E-state index < -0.39 is 0 Å². The number of fused-ring (bicyclic) bond motifs is 3. The van der Waals surface area contributed by atoms with Crippen molar-refractivity contribution in [1.82, 2.24) is 4.57 Å². The normalized spacial score (nSPS) is 11.0. The van der Waals surface area contributed by atoms with E-state index in [-0.39, 0.29) is 0 Å². The summed E-state index contributed by atoms with van der Waals surface area (Å²) in [6, 6.07) is 69.6. The van der Waals surface area contributed by atoms with Crippen LogP contribution in [0.5, 0.6) is 0 Å². The van der Waals surface area contributed by atoms with Crippen molar-refractivity contribution in [2.75, 3.05) is 0 Å². The number of aromatic nitrogens is 1. The molecule has 8 aromatic carbocycles. The summed E-state index contributed by atoms with van der Waals surface area (Å²) >= 11 is 0. The summed E-state index contributed by atoms with van der Waals surface area (Å²) in [6.45, 7) is 6.44. The third-order valence-electron chi connectivity index (χ3n) is 10.1. The van der Waals surface area contributed by atoms with Gasteiger partial charge >= 0.3 is 0 Å². The molecule has 0 N–H and O–H groups in total. The lowest BCUT2D eigenvalue weighted by Gasteiger charge is -2.15. The highest BCUT2D eigenvalue weighted by atomic mass is 15.0. The van der Waals surface area contributed by atoms with Crippen molar-refractivity contribution < 1.29 is 0 Å². The van der Waals surface area contributed by atoms with Crippen LogP contribution in [0.4, 0.5) is 0 Å². The molecule has 0 atom stereocenters. The first kappa shape index (κ1) is 32.7. The molecule has 0 aliphatic rings. The maximum Gasteiger partial charge on any atom is 0.0541 e. The van der Waals surface area contributed by atoms with Crippen molar-refractivity contribution in [2.45, 2.75) is 20.8 Å². The van der Waals surface area contributed by atoms with Gasteiger partial charge in [-0.2, -0.15) is 0 Å². The lowest BCUT2D eigenvalue weighted by Crippen LogP contribution is -1.94. The Labute approximate surface area is 307 Å². The van der Waals surface area contributed by atoms with Crippen molar-refractivity contribution in [2.24, 2.45) is 0 Å². The standard InChI is InChI=1S/C37H27N.C14H14/c1-26-18-20-27(21-19-26)30-10-2-4-12-32(30)33-13-5-3-11-31(33)28-22-24-29(25-23-28)38-36-16-8-6-14-34(36)35-15-7-9-17-37(35)38;1-11-7-3-5-9-13(11)14-10-6-4-8-12(14)2/h2-25H,1H3;3-10H,1-2H3. The number of hydrogen-bond donors (Lipinski definition) is 0. The van der Waals surface area contributed by atoms with E-state index in [1.54, 1.807) is 0 Å².